The lowest BCUT2D eigenvalue weighted by Gasteiger charge is -2.18. The summed E-state index contributed by atoms with van der Waals surface area (Å²) in [5, 5.41) is 5.83. The number of likely N-dealkylation sites (tertiary alicyclic amines) is 1. The summed E-state index contributed by atoms with van der Waals surface area (Å²) < 4.78 is 0. The van der Waals surface area contributed by atoms with E-state index in [-0.39, 0.29) is 0 Å². The number of nitrogens with zero attached hydrogens (tertiary/aromatic N) is 1. The van der Waals surface area contributed by atoms with Crippen molar-refractivity contribution in [3.05, 3.63) is 22.4 Å². The van der Waals surface area contributed by atoms with Crippen LogP contribution in [-0.4, -0.2) is 31.1 Å². The molecule has 3 heteroatoms. The molecule has 0 unspecified atom stereocenters. The van der Waals surface area contributed by atoms with E-state index in [4.69, 9.17) is 0 Å². The Balaban J connectivity index is 1.86. The highest BCUT2D eigenvalue weighted by molar-refractivity contribution is 7.10. The van der Waals surface area contributed by atoms with E-state index in [2.05, 4.69) is 41.7 Å². The Hall–Kier alpha value is -0.380. The maximum absolute atomic E-state index is 3.68. The van der Waals surface area contributed by atoms with Crippen molar-refractivity contribution in [2.75, 3.05) is 20.1 Å². The van der Waals surface area contributed by atoms with E-state index in [9.17, 15) is 0 Å². The Labute approximate surface area is 89.9 Å². The van der Waals surface area contributed by atoms with Crippen LogP contribution in [0.25, 0.3) is 0 Å². The molecule has 0 amide bonds. The van der Waals surface area contributed by atoms with Crippen molar-refractivity contribution in [2.45, 2.75) is 25.4 Å². The summed E-state index contributed by atoms with van der Waals surface area (Å²) in [5.41, 5.74) is 0. The van der Waals surface area contributed by atoms with Crippen LogP contribution >= 0.6 is 11.3 Å². The van der Waals surface area contributed by atoms with Gasteiger partial charge in [-0.1, -0.05) is 6.07 Å². The van der Waals surface area contributed by atoms with Crippen molar-refractivity contribution in [3.8, 4) is 0 Å². The molecule has 2 nitrogen and oxygen atoms in total. The van der Waals surface area contributed by atoms with E-state index in [1.807, 2.05) is 11.3 Å². The van der Waals surface area contributed by atoms with Gasteiger partial charge in [-0.15, -0.1) is 11.3 Å². The van der Waals surface area contributed by atoms with Gasteiger partial charge in [0, 0.05) is 23.5 Å². The Kier molecular flexibility index (Phi) is 3.21. The summed E-state index contributed by atoms with van der Waals surface area (Å²) in [6.07, 6.45) is 1.28. The van der Waals surface area contributed by atoms with E-state index >= 15 is 0 Å². The molecule has 0 spiro atoms. The third-order valence-electron chi connectivity index (χ3n) is 2.85. The second-order valence-corrected chi connectivity index (χ2v) is 5.13. The summed E-state index contributed by atoms with van der Waals surface area (Å²) in [5.74, 6) is 0. The average Bonchev–Trinajstić information content (AvgIpc) is 2.75. The quantitative estimate of drug-likeness (QED) is 0.822. The van der Waals surface area contributed by atoms with Crippen molar-refractivity contribution in [1.82, 2.24) is 10.2 Å². The zero-order valence-electron chi connectivity index (χ0n) is 8.86. The zero-order valence-corrected chi connectivity index (χ0v) is 9.68. The van der Waals surface area contributed by atoms with Crippen LogP contribution in [0.3, 0.4) is 0 Å². The number of hydrogen-bond donors (Lipinski definition) is 1. The molecule has 2 heterocycles. The molecular formula is C11H18N2S. The normalized spacial score (nSPS) is 25.4. The first-order valence-electron chi connectivity index (χ1n) is 5.23. The molecule has 0 aliphatic carbocycles. The van der Waals surface area contributed by atoms with Gasteiger partial charge in [0.2, 0.25) is 0 Å². The monoisotopic (exact) mass is 210 g/mol. The van der Waals surface area contributed by atoms with Gasteiger partial charge in [0.1, 0.15) is 0 Å². The first kappa shape index (κ1) is 10.1. The third-order valence-corrected chi connectivity index (χ3v) is 3.90. The van der Waals surface area contributed by atoms with E-state index < -0.39 is 0 Å². The first-order valence-corrected chi connectivity index (χ1v) is 6.11. The molecule has 0 saturated carbocycles. The topological polar surface area (TPSA) is 15.3 Å². The van der Waals surface area contributed by atoms with Crippen molar-refractivity contribution in [2.24, 2.45) is 0 Å². The molecule has 1 aromatic rings. The molecule has 0 bridgehead atoms. The molecule has 1 fully saturated rings. The minimum Gasteiger partial charge on any atom is -0.305 e. The smallest absolute Gasteiger partial charge is 0.0388 e. The highest BCUT2D eigenvalue weighted by Gasteiger charge is 2.21. The lowest BCUT2D eigenvalue weighted by atomic mass is 10.2. The van der Waals surface area contributed by atoms with Crippen LogP contribution in [0.2, 0.25) is 0 Å². The minimum atomic E-state index is 0.506. The van der Waals surface area contributed by atoms with Crippen LogP contribution in [0.15, 0.2) is 17.5 Å². The van der Waals surface area contributed by atoms with E-state index in [0.29, 0.717) is 12.1 Å². The summed E-state index contributed by atoms with van der Waals surface area (Å²) in [4.78, 5) is 3.83. The maximum Gasteiger partial charge on any atom is 0.0388 e. The van der Waals surface area contributed by atoms with Crippen molar-refractivity contribution < 1.29 is 0 Å². The van der Waals surface area contributed by atoms with Crippen LogP contribution in [0, 0.1) is 0 Å². The standard InChI is InChI=1S/C11H18N2S/c1-9(11-4-3-7-14-11)12-10-5-6-13(2)8-10/h3-4,7,9-10,12H,5-6,8H2,1-2H3/t9-,10-/m1/s1. The van der Waals surface area contributed by atoms with E-state index in [1.54, 1.807) is 0 Å². The van der Waals surface area contributed by atoms with Gasteiger partial charge >= 0.3 is 0 Å². The predicted molar refractivity (Wildman–Crippen MR) is 61.8 cm³/mol. The Bertz CT molecular complexity index is 271. The van der Waals surface area contributed by atoms with Gasteiger partial charge in [0.05, 0.1) is 0 Å². The molecule has 1 aromatic heterocycles. The number of hydrogen-bond acceptors (Lipinski definition) is 3. The minimum absolute atomic E-state index is 0.506. The van der Waals surface area contributed by atoms with Crippen LogP contribution < -0.4 is 5.32 Å². The predicted octanol–water partition coefficient (Wildman–Crippen LogP) is 2.10. The molecular weight excluding hydrogens is 192 g/mol. The second kappa shape index (κ2) is 4.43. The fourth-order valence-electron chi connectivity index (χ4n) is 2.04. The molecule has 1 aliphatic heterocycles. The Morgan fingerprint density at radius 2 is 2.50 bits per heavy atom. The van der Waals surface area contributed by atoms with Gasteiger partial charge in [0.15, 0.2) is 0 Å². The largest absolute Gasteiger partial charge is 0.305 e. The van der Waals surface area contributed by atoms with E-state index in [1.165, 1.54) is 24.4 Å². The van der Waals surface area contributed by atoms with Crippen LogP contribution in [0.5, 0.6) is 0 Å². The molecule has 78 valence electrons. The van der Waals surface area contributed by atoms with Crippen LogP contribution in [0.4, 0.5) is 0 Å². The van der Waals surface area contributed by atoms with Gasteiger partial charge in [-0.2, -0.15) is 0 Å². The molecule has 1 saturated heterocycles. The number of likely N-dealkylation sites (N-methyl/N-ethyl adjacent to an activating group) is 1. The lowest BCUT2D eigenvalue weighted by molar-refractivity contribution is 0.388. The van der Waals surface area contributed by atoms with Gasteiger partial charge in [-0.3, -0.25) is 0 Å². The first-order chi connectivity index (χ1) is 6.75. The van der Waals surface area contributed by atoms with Crippen molar-refractivity contribution in [3.63, 3.8) is 0 Å². The molecule has 1 N–H and O–H groups in total. The van der Waals surface area contributed by atoms with Gasteiger partial charge in [-0.05, 0) is 38.4 Å². The molecule has 2 rings (SSSR count). The summed E-state index contributed by atoms with van der Waals surface area (Å²) in [7, 11) is 2.19. The van der Waals surface area contributed by atoms with Crippen LogP contribution in [-0.2, 0) is 0 Å². The Morgan fingerprint density at radius 1 is 1.64 bits per heavy atom. The molecule has 1 aliphatic rings. The fraction of sp³-hybridized carbons (Fsp3) is 0.636. The molecule has 2 atom stereocenters. The van der Waals surface area contributed by atoms with Gasteiger partial charge in [-0.25, -0.2) is 0 Å². The van der Waals surface area contributed by atoms with Gasteiger partial charge in [0.25, 0.3) is 0 Å². The Morgan fingerprint density at radius 3 is 3.07 bits per heavy atom. The van der Waals surface area contributed by atoms with Crippen molar-refractivity contribution >= 4 is 11.3 Å². The van der Waals surface area contributed by atoms with Crippen molar-refractivity contribution in [1.29, 1.82) is 0 Å². The third kappa shape index (κ3) is 2.35. The lowest BCUT2D eigenvalue weighted by Crippen LogP contribution is -2.33. The highest BCUT2D eigenvalue weighted by Crippen LogP contribution is 2.20. The molecule has 0 aromatic carbocycles. The maximum atomic E-state index is 3.68. The summed E-state index contributed by atoms with van der Waals surface area (Å²) in [6.45, 7) is 4.68. The molecule has 14 heavy (non-hydrogen) atoms. The van der Waals surface area contributed by atoms with E-state index in [0.717, 1.165) is 0 Å². The SMILES string of the molecule is C[C@@H](N[C@@H]1CCN(C)C1)c1cccs1. The molecule has 0 radical (unpaired) electrons. The highest BCUT2D eigenvalue weighted by atomic mass is 32.1. The number of thiophene rings is 1. The summed E-state index contributed by atoms with van der Waals surface area (Å²) >= 11 is 1.84. The number of rotatable bonds is 3. The second-order valence-electron chi connectivity index (χ2n) is 4.15. The zero-order chi connectivity index (χ0) is 9.97. The average molecular weight is 210 g/mol. The van der Waals surface area contributed by atoms with Gasteiger partial charge < -0.3 is 10.2 Å². The van der Waals surface area contributed by atoms with Crippen LogP contribution in [0.1, 0.15) is 24.3 Å². The summed E-state index contributed by atoms with van der Waals surface area (Å²) in [6, 6.07) is 5.52. The number of nitrogens with one attached hydrogen (secondary N) is 1. The fourth-order valence-corrected chi connectivity index (χ4v) is 2.79.